The van der Waals surface area contributed by atoms with Crippen molar-refractivity contribution in [2.75, 3.05) is 20.6 Å². The van der Waals surface area contributed by atoms with E-state index >= 15 is 0 Å². The van der Waals surface area contributed by atoms with E-state index in [2.05, 4.69) is 36.0 Å². The summed E-state index contributed by atoms with van der Waals surface area (Å²) in [6.07, 6.45) is 5.05. The number of halogens is 1. The minimum absolute atomic E-state index is 0.151. The number of nitrogens with two attached hydrogens (primary N) is 1. The second-order valence-electron chi connectivity index (χ2n) is 6.87. The predicted molar refractivity (Wildman–Crippen MR) is 88.5 cm³/mol. The number of piperidine rings is 1. The Morgan fingerprint density at radius 3 is 2.33 bits per heavy atom. The third kappa shape index (κ3) is 2.85. The molecule has 2 bridgehead atoms. The van der Waals surface area contributed by atoms with Gasteiger partial charge in [0.25, 0.3) is 0 Å². The number of nitrogens with zero attached hydrogens (tertiary/aromatic N) is 2. The van der Waals surface area contributed by atoms with Crippen LogP contribution in [0.2, 0.25) is 5.02 Å². The van der Waals surface area contributed by atoms with Gasteiger partial charge in [0.2, 0.25) is 0 Å². The highest BCUT2D eigenvalue weighted by molar-refractivity contribution is 6.30. The molecule has 2 fully saturated rings. The number of likely N-dealkylation sites (N-methyl/N-ethyl adjacent to an activating group) is 1. The van der Waals surface area contributed by atoms with Gasteiger partial charge >= 0.3 is 0 Å². The van der Waals surface area contributed by atoms with Gasteiger partial charge in [-0.2, -0.15) is 0 Å². The van der Waals surface area contributed by atoms with Crippen molar-refractivity contribution < 1.29 is 0 Å². The highest BCUT2D eigenvalue weighted by Crippen LogP contribution is 2.42. The second-order valence-corrected chi connectivity index (χ2v) is 7.31. The molecule has 0 spiro atoms. The van der Waals surface area contributed by atoms with E-state index < -0.39 is 0 Å². The Hall–Kier alpha value is -0.610. The summed E-state index contributed by atoms with van der Waals surface area (Å²) >= 11 is 5.97. The third-order valence-electron chi connectivity index (χ3n) is 5.74. The molecule has 116 valence electrons. The summed E-state index contributed by atoms with van der Waals surface area (Å²) in [5, 5.41) is 0.798. The molecule has 2 heterocycles. The van der Waals surface area contributed by atoms with Crippen LogP contribution in [0.1, 0.15) is 31.2 Å². The first kappa shape index (κ1) is 15.3. The zero-order valence-electron chi connectivity index (χ0n) is 13.1. The summed E-state index contributed by atoms with van der Waals surface area (Å²) in [7, 11) is 4.51. The third-order valence-corrected chi connectivity index (χ3v) is 5.99. The van der Waals surface area contributed by atoms with E-state index in [1.165, 1.54) is 31.2 Å². The molecule has 0 saturated carbocycles. The lowest BCUT2D eigenvalue weighted by atomic mass is 9.81. The van der Waals surface area contributed by atoms with Gasteiger partial charge in [0.1, 0.15) is 0 Å². The number of hydrogen-bond donors (Lipinski definition) is 1. The van der Waals surface area contributed by atoms with Crippen LogP contribution in [0.5, 0.6) is 0 Å². The van der Waals surface area contributed by atoms with Gasteiger partial charge in [-0.25, -0.2) is 0 Å². The van der Waals surface area contributed by atoms with Crippen molar-refractivity contribution in [2.45, 2.75) is 49.9 Å². The molecule has 0 amide bonds. The van der Waals surface area contributed by atoms with Crippen molar-refractivity contribution in [3.05, 3.63) is 34.9 Å². The minimum atomic E-state index is 0.151. The van der Waals surface area contributed by atoms with E-state index in [1.807, 2.05) is 12.1 Å². The number of hydrogen-bond acceptors (Lipinski definition) is 3. The van der Waals surface area contributed by atoms with Gasteiger partial charge < -0.3 is 10.6 Å². The van der Waals surface area contributed by atoms with Crippen molar-refractivity contribution >= 4 is 11.6 Å². The maximum Gasteiger partial charge on any atom is 0.0406 e. The van der Waals surface area contributed by atoms with E-state index in [0.717, 1.165) is 18.1 Å². The van der Waals surface area contributed by atoms with Gasteiger partial charge in [-0.15, -0.1) is 0 Å². The normalized spacial score (nSPS) is 32.8. The van der Waals surface area contributed by atoms with Crippen LogP contribution < -0.4 is 5.73 Å². The van der Waals surface area contributed by atoms with Gasteiger partial charge in [0, 0.05) is 35.7 Å². The zero-order chi connectivity index (χ0) is 15.0. The molecule has 2 aliphatic heterocycles. The van der Waals surface area contributed by atoms with Gasteiger partial charge in [-0.1, -0.05) is 23.7 Å². The molecule has 0 aromatic heterocycles. The molecule has 2 saturated heterocycles. The van der Waals surface area contributed by atoms with Gasteiger partial charge in [-0.05, 0) is 57.5 Å². The van der Waals surface area contributed by atoms with E-state index in [4.69, 9.17) is 17.3 Å². The highest BCUT2D eigenvalue weighted by Gasteiger charge is 2.48. The van der Waals surface area contributed by atoms with Crippen molar-refractivity contribution in [1.82, 2.24) is 9.80 Å². The predicted octanol–water partition coefficient (Wildman–Crippen LogP) is 2.73. The standard InChI is InChI=1S/C17H26ClN3/c1-20(11-13-3-5-14(18)6-4-13)17(12-19)9-15-7-8-16(10-17)21(15)2/h3-6,15-16H,7-12,19H2,1-2H3. The first-order chi connectivity index (χ1) is 10.0. The quantitative estimate of drug-likeness (QED) is 0.928. The van der Waals surface area contributed by atoms with Crippen LogP contribution in [-0.2, 0) is 6.54 Å². The van der Waals surface area contributed by atoms with Crippen LogP contribution in [0, 0.1) is 0 Å². The van der Waals surface area contributed by atoms with Crippen LogP contribution in [0.15, 0.2) is 24.3 Å². The van der Waals surface area contributed by atoms with Crippen LogP contribution in [0.4, 0.5) is 0 Å². The monoisotopic (exact) mass is 307 g/mol. The highest BCUT2D eigenvalue weighted by atomic mass is 35.5. The largest absolute Gasteiger partial charge is 0.329 e. The number of rotatable bonds is 4. The summed E-state index contributed by atoms with van der Waals surface area (Å²) in [5.74, 6) is 0. The molecule has 1 aromatic carbocycles. The Kier molecular flexibility index (Phi) is 4.28. The minimum Gasteiger partial charge on any atom is -0.329 e. The summed E-state index contributed by atoms with van der Waals surface area (Å²) in [5.41, 5.74) is 7.69. The zero-order valence-corrected chi connectivity index (χ0v) is 13.8. The molecule has 3 rings (SSSR count). The topological polar surface area (TPSA) is 32.5 Å². The lowest BCUT2D eigenvalue weighted by Crippen LogP contribution is -2.60. The molecule has 2 unspecified atom stereocenters. The lowest BCUT2D eigenvalue weighted by Gasteiger charge is -2.50. The Labute approximate surface area is 133 Å². The molecular weight excluding hydrogens is 282 g/mol. The van der Waals surface area contributed by atoms with E-state index in [0.29, 0.717) is 12.1 Å². The molecule has 4 heteroatoms. The first-order valence-corrected chi connectivity index (χ1v) is 8.29. The average Bonchev–Trinajstić information content (AvgIpc) is 2.72. The van der Waals surface area contributed by atoms with Crippen molar-refractivity contribution in [2.24, 2.45) is 5.73 Å². The van der Waals surface area contributed by atoms with Crippen LogP contribution in [-0.4, -0.2) is 48.1 Å². The fourth-order valence-electron chi connectivity index (χ4n) is 4.21. The Bertz CT molecular complexity index is 473. The van der Waals surface area contributed by atoms with E-state index in [1.54, 1.807) is 0 Å². The SMILES string of the molecule is CN1C2CCC1CC(CN)(N(C)Cc1ccc(Cl)cc1)C2. The summed E-state index contributed by atoms with van der Waals surface area (Å²) in [6, 6.07) is 9.59. The Morgan fingerprint density at radius 2 is 1.81 bits per heavy atom. The molecular formula is C17H26ClN3. The summed E-state index contributed by atoms with van der Waals surface area (Å²) in [6.45, 7) is 1.69. The van der Waals surface area contributed by atoms with Gasteiger partial charge in [-0.3, -0.25) is 4.90 Å². The molecule has 2 aliphatic rings. The number of fused-ring (bicyclic) bond motifs is 2. The molecule has 1 aromatic rings. The van der Waals surface area contributed by atoms with Crippen molar-refractivity contribution in [3.8, 4) is 0 Å². The number of benzene rings is 1. The van der Waals surface area contributed by atoms with Crippen LogP contribution >= 0.6 is 11.6 Å². The molecule has 0 radical (unpaired) electrons. The van der Waals surface area contributed by atoms with E-state index in [9.17, 15) is 0 Å². The van der Waals surface area contributed by atoms with Crippen molar-refractivity contribution in [1.29, 1.82) is 0 Å². The second kappa shape index (κ2) is 5.88. The molecule has 3 nitrogen and oxygen atoms in total. The smallest absolute Gasteiger partial charge is 0.0406 e. The lowest BCUT2D eigenvalue weighted by molar-refractivity contribution is 0.0118. The molecule has 2 N–H and O–H groups in total. The first-order valence-electron chi connectivity index (χ1n) is 7.92. The average molecular weight is 308 g/mol. The Morgan fingerprint density at radius 1 is 1.24 bits per heavy atom. The molecule has 21 heavy (non-hydrogen) atoms. The maximum atomic E-state index is 6.23. The maximum absolute atomic E-state index is 6.23. The fraction of sp³-hybridized carbons (Fsp3) is 0.647. The fourth-order valence-corrected chi connectivity index (χ4v) is 4.33. The molecule has 2 atom stereocenters. The van der Waals surface area contributed by atoms with Gasteiger partial charge in [0.15, 0.2) is 0 Å². The van der Waals surface area contributed by atoms with Crippen molar-refractivity contribution in [3.63, 3.8) is 0 Å². The molecule has 0 aliphatic carbocycles. The van der Waals surface area contributed by atoms with Crippen LogP contribution in [0.25, 0.3) is 0 Å². The Balaban J connectivity index is 1.75. The van der Waals surface area contributed by atoms with Crippen LogP contribution in [0.3, 0.4) is 0 Å². The van der Waals surface area contributed by atoms with E-state index in [-0.39, 0.29) is 5.54 Å². The van der Waals surface area contributed by atoms with Gasteiger partial charge in [0.05, 0.1) is 0 Å². The summed E-state index contributed by atoms with van der Waals surface area (Å²) < 4.78 is 0. The summed E-state index contributed by atoms with van der Waals surface area (Å²) in [4.78, 5) is 5.05.